The van der Waals surface area contributed by atoms with Crippen molar-refractivity contribution in [2.75, 3.05) is 24.6 Å². The van der Waals surface area contributed by atoms with E-state index in [1.54, 1.807) is 61.5 Å². The number of nitrogens with one attached hydrogen (secondary N) is 1. The second kappa shape index (κ2) is 11.1. The number of hydrogen-bond acceptors (Lipinski definition) is 6. The smallest absolute Gasteiger partial charge is 0.264 e. The van der Waals surface area contributed by atoms with Gasteiger partial charge in [-0.1, -0.05) is 42.5 Å². The van der Waals surface area contributed by atoms with E-state index in [2.05, 4.69) is 10.5 Å². The van der Waals surface area contributed by atoms with Gasteiger partial charge in [-0.2, -0.15) is 5.10 Å². The lowest BCUT2D eigenvalue weighted by Crippen LogP contribution is -2.39. The molecule has 0 fully saturated rings. The van der Waals surface area contributed by atoms with E-state index in [0.717, 1.165) is 4.31 Å². The van der Waals surface area contributed by atoms with Gasteiger partial charge in [0, 0.05) is 5.56 Å². The third-order valence-electron chi connectivity index (χ3n) is 4.58. The van der Waals surface area contributed by atoms with Crippen LogP contribution in [0.5, 0.6) is 11.5 Å². The molecule has 1 N–H and O–H groups in total. The lowest BCUT2D eigenvalue weighted by molar-refractivity contribution is -0.119. The summed E-state index contributed by atoms with van der Waals surface area (Å²) in [5.41, 5.74) is 3.31. The van der Waals surface area contributed by atoms with Crippen LogP contribution in [0.4, 0.5) is 5.69 Å². The van der Waals surface area contributed by atoms with E-state index in [1.807, 2.05) is 12.1 Å². The first kappa shape index (κ1) is 23.8. The van der Waals surface area contributed by atoms with Crippen molar-refractivity contribution in [1.29, 1.82) is 0 Å². The lowest BCUT2D eigenvalue weighted by Gasteiger charge is -2.25. The van der Waals surface area contributed by atoms with Gasteiger partial charge in [0.25, 0.3) is 15.9 Å². The molecule has 8 nitrogen and oxygen atoms in total. The molecule has 33 heavy (non-hydrogen) atoms. The van der Waals surface area contributed by atoms with E-state index in [-0.39, 0.29) is 10.6 Å². The molecule has 3 aromatic rings. The number of ether oxygens (including phenoxy) is 2. The van der Waals surface area contributed by atoms with Gasteiger partial charge in [0.05, 0.1) is 30.5 Å². The first-order valence-electron chi connectivity index (χ1n) is 10.2. The Hall–Kier alpha value is -3.85. The average Bonchev–Trinajstić information content (AvgIpc) is 2.84. The van der Waals surface area contributed by atoms with Crippen molar-refractivity contribution in [3.63, 3.8) is 0 Å². The molecule has 0 unspecified atom stereocenters. The molecule has 0 aromatic heterocycles. The first-order chi connectivity index (χ1) is 16.0. The van der Waals surface area contributed by atoms with Crippen LogP contribution in [0.2, 0.25) is 0 Å². The molecule has 3 rings (SSSR count). The quantitative estimate of drug-likeness (QED) is 0.364. The number of rotatable bonds is 10. The van der Waals surface area contributed by atoms with Crippen molar-refractivity contribution in [2.24, 2.45) is 5.10 Å². The van der Waals surface area contributed by atoms with E-state index in [0.29, 0.717) is 23.7 Å². The predicted octanol–water partition coefficient (Wildman–Crippen LogP) is 3.44. The lowest BCUT2D eigenvalue weighted by atomic mass is 10.2. The van der Waals surface area contributed by atoms with Crippen LogP contribution in [0, 0.1) is 0 Å². The number of carbonyl (C=O) groups is 1. The summed E-state index contributed by atoms with van der Waals surface area (Å²) in [6.07, 6.45) is 1.43. The van der Waals surface area contributed by atoms with Gasteiger partial charge in [-0.25, -0.2) is 13.8 Å². The van der Waals surface area contributed by atoms with Crippen LogP contribution >= 0.6 is 0 Å². The minimum atomic E-state index is -4.06. The van der Waals surface area contributed by atoms with Gasteiger partial charge < -0.3 is 9.47 Å². The number of nitrogens with zero attached hydrogens (tertiary/aromatic N) is 2. The second-order valence-electron chi connectivity index (χ2n) is 6.76. The molecule has 9 heteroatoms. The third kappa shape index (κ3) is 5.89. The maximum Gasteiger partial charge on any atom is 0.264 e. The number of sulfonamides is 1. The zero-order valence-corrected chi connectivity index (χ0v) is 19.2. The van der Waals surface area contributed by atoms with E-state index < -0.39 is 22.5 Å². The summed E-state index contributed by atoms with van der Waals surface area (Å²) in [5, 5.41) is 3.95. The summed E-state index contributed by atoms with van der Waals surface area (Å²) < 4.78 is 38.8. The van der Waals surface area contributed by atoms with Gasteiger partial charge in [0.15, 0.2) is 0 Å². The van der Waals surface area contributed by atoms with E-state index in [1.165, 1.54) is 25.5 Å². The number of hydrazone groups is 1. The molecule has 0 radical (unpaired) electrons. The van der Waals surface area contributed by atoms with Crippen molar-refractivity contribution in [1.82, 2.24) is 5.43 Å². The summed E-state index contributed by atoms with van der Waals surface area (Å²) in [7, 11) is -2.52. The molecule has 0 heterocycles. The highest BCUT2D eigenvalue weighted by molar-refractivity contribution is 7.92. The molecule has 0 aliphatic heterocycles. The van der Waals surface area contributed by atoms with Crippen molar-refractivity contribution < 1.29 is 22.7 Å². The number of para-hydroxylation sites is 3. The molecule has 0 atom stereocenters. The van der Waals surface area contributed by atoms with Crippen molar-refractivity contribution in [3.8, 4) is 11.5 Å². The third-order valence-corrected chi connectivity index (χ3v) is 6.36. The number of carbonyl (C=O) groups excluding carboxylic acids is 1. The fourth-order valence-corrected chi connectivity index (χ4v) is 4.53. The fraction of sp³-hybridized carbons (Fsp3) is 0.167. The Morgan fingerprint density at radius 1 is 0.970 bits per heavy atom. The number of hydrogen-bond donors (Lipinski definition) is 1. The minimum absolute atomic E-state index is 0.0571. The van der Waals surface area contributed by atoms with Gasteiger partial charge in [-0.05, 0) is 43.3 Å². The number of amides is 1. The highest BCUT2D eigenvalue weighted by Crippen LogP contribution is 2.32. The van der Waals surface area contributed by atoms with Crippen LogP contribution < -0.4 is 19.2 Å². The van der Waals surface area contributed by atoms with Crippen LogP contribution in [0.15, 0.2) is 88.9 Å². The Balaban J connectivity index is 1.89. The first-order valence-corrected chi connectivity index (χ1v) is 11.7. The molecule has 0 aliphatic rings. The van der Waals surface area contributed by atoms with Crippen LogP contribution in [0.1, 0.15) is 12.5 Å². The Morgan fingerprint density at radius 3 is 2.30 bits per heavy atom. The number of benzene rings is 3. The highest BCUT2D eigenvalue weighted by atomic mass is 32.2. The highest BCUT2D eigenvalue weighted by Gasteiger charge is 2.29. The zero-order valence-electron chi connectivity index (χ0n) is 18.3. The summed E-state index contributed by atoms with van der Waals surface area (Å²) in [4.78, 5) is 12.8. The molecule has 172 valence electrons. The largest absolute Gasteiger partial charge is 0.496 e. The molecule has 0 aliphatic carbocycles. The molecule has 0 saturated heterocycles. The molecular weight excluding hydrogens is 442 g/mol. The van der Waals surface area contributed by atoms with Crippen LogP contribution in [0.25, 0.3) is 0 Å². The Bertz CT molecular complexity index is 1210. The molecule has 0 bridgehead atoms. The summed E-state index contributed by atoms with van der Waals surface area (Å²) in [6.45, 7) is 1.64. The normalized spacial score (nSPS) is 11.2. The SMILES string of the molecule is CCOc1ccccc1N(CC(=O)N/N=C\c1ccccc1OC)S(=O)(=O)c1ccccc1. The van der Waals surface area contributed by atoms with Gasteiger partial charge in [-0.3, -0.25) is 9.10 Å². The van der Waals surface area contributed by atoms with Gasteiger partial charge in [-0.15, -0.1) is 0 Å². The predicted molar refractivity (Wildman–Crippen MR) is 127 cm³/mol. The molecule has 3 aromatic carbocycles. The number of anilines is 1. The minimum Gasteiger partial charge on any atom is -0.496 e. The van der Waals surface area contributed by atoms with E-state index in [4.69, 9.17) is 9.47 Å². The molecular formula is C24H25N3O5S. The Kier molecular flexibility index (Phi) is 8.04. The Labute approximate surface area is 193 Å². The molecule has 1 amide bonds. The standard InChI is InChI=1S/C24H25N3O5S/c1-3-32-23-16-10-8-14-21(23)27(33(29,30)20-12-5-4-6-13-20)18-24(28)26-25-17-19-11-7-9-15-22(19)31-2/h4-17H,3,18H2,1-2H3,(H,26,28)/b25-17-. The van der Waals surface area contributed by atoms with Gasteiger partial charge in [0.2, 0.25) is 0 Å². The zero-order chi connectivity index (χ0) is 23.7. The van der Waals surface area contributed by atoms with Gasteiger partial charge in [0.1, 0.15) is 18.0 Å². The number of methoxy groups -OCH3 is 1. The van der Waals surface area contributed by atoms with Crippen LogP contribution in [0.3, 0.4) is 0 Å². The van der Waals surface area contributed by atoms with Gasteiger partial charge >= 0.3 is 0 Å². The maximum atomic E-state index is 13.4. The average molecular weight is 468 g/mol. The van der Waals surface area contributed by atoms with Crippen LogP contribution in [-0.4, -0.2) is 40.8 Å². The molecule has 0 saturated carbocycles. The molecule has 0 spiro atoms. The van der Waals surface area contributed by atoms with Crippen LogP contribution in [-0.2, 0) is 14.8 Å². The monoisotopic (exact) mass is 467 g/mol. The van der Waals surface area contributed by atoms with Crippen molar-refractivity contribution >= 4 is 27.8 Å². The topological polar surface area (TPSA) is 97.3 Å². The van der Waals surface area contributed by atoms with Crippen molar-refractivity contribution in [2.45, 2.75) is 11.8 Å². The maximum absolute atomic E-state index is 13.4. The van der Waals surface area contributed by atoms with E-state index >= 15 is 0 Å². The summed E-state index contributed by atoms with van der Waals surface area (Å²) in [6, 6.07) is 21.8. The summed E-state index contributed by atoms with van der Waals surface area (Å²) in [5.74, 6) is 0.325. The van der Waals surface area contributed by atoms with E-state index in [9.17, 15) is 13.2 Å². The fourth-order valence-electron chi connectivity index (χ4n) is 3.07. The second-order valence-corrected chi connectivity index (χ2v) is 8.62. The summed E-state index contributed by atoms with van der Waals surface area (Å²) >= 11 is 0. The van der Waals surface area contributed by atoms with Crippen molar-refractivity contribution in [3.05, 3.63) is 84.4 Å². The Morgan fingerprint density at radius 2 is 1.61 bits per heavy atom.